The van der Waals surface area contributed by atoms with E-state index < -0.39 is 0 Å². The highest BCUT2D eigenvalue weighted by molar-refractivity contribution is 4.94. The van der Waals surface area contributed by atoms with Gasteiger partial charge in [-0.3, -0.25) is 0 Å². The minimum atomic E-state index is 0.128. The topological polar surface area (TPSA) is 26.0 Å². The number of nitrogens with two attached hydrogens (primary N) is 1. The first-order chi connectivity index (χ1) is 7.83. The lowest BCUT2D eigenvalue weighted by atomic mass is 9.73. The molecule has 1 saturated carbocycles. The lowest BCUT2D eigenvalue weighted by Gasteiger charge is -2.37. The fourth-order valence-electron chi connectivity index (χ4n) is 3.77. The third-order valence-electron chi connectivity index (χ3n) is 5.18. The summed E-state index contributed by atoms with van der Waals surface area (Å²) in [5.41, 5.74) is 7.32. The Labute approximate surface area is 109 Å². The van der Waals surface area contributed by atoms with Crippen LogP contribution in [-0.4, -0.2) is 5.54 Å². The molecule has 1 aliphatic carbocycles. The Kier molecular flexibility index (Phi) is 5.07. The van der Waals surface area contributed by atoms with Crippen LogP contribution in [0.3, 0.4) is 0 Å². The molecule has 0 amide bonds. The predicted molar refractivity (Wildman–Crippen MR) is 77.0 cm³/mol. The summed E-state index contributed by atoms with van der Waals surface area (Å²) in [4.78, 5) is 0. The molecule has 0 aromatic rings. The average molecular weight is 239 g/mol. The Balaban J connectivity index is 2.69. The van der Waals surface area contributed by atoms with Gasteiger partial charge in [-0.2, -0.15) is 0 Å². The van der Waals surface area contributed by atoms with Crippen molar-refractivity contribution in [2.45, 2.75) is 85.1 Å². The zero-order chi connectivity index (χ0) is 13.1. The van der Waals surface area contributed by atoms with Crippen LogP contribution in [0.15, 0.2) is 0 Å². The lowest BCUT2D eigenvalue weighted by Crippen LogP contribution is -2.46. The summed E-state index contributed by atoms with van der Waals surface area (Å²) in [7, 11) is 0. The van der Waals surface area contributed by atoms with Crippen LogP contribution in [0.2, 0.25) is 0 Å². The molecule has 1 fully saturated rings. The third-order valence-corrected chi connectivity index (χ3v) is 5.18. The minimum Gasteiger partial charge on any atom is -0.325 e. The number of hydrogen-bond donors (Lipinski definition) is 1. The molecule has 2 atom stereocenters. The SMILES string of the molecule is CCC(CC)C1(N)CCCC(C(C)(C)C)CC1. The van der Waals surface area contributed by atoms with E-state index in [1.807, 2.05) is 0 Å². The van der Waals surface area contributed by atoms with Crippen molar-refractivity contribution in [2.75, 3.05) is 0 Å². The lowest BCUT2D eigenvalue weighted by molar-refractivity contribution is 0.193. The maximum atomic E-state index is 6.73. The second-order valence-corrected chi connectivity index (χ2v) is 7.24. The van der Waals surface area contributed by atoms with Crippen molar-refractivity contribution in [3.8, 4) is 0 Å². The van der Waals surface area contributed by atoms with E-state index in [0.717, 1.165) is 11.8 Å². The first-order valence-electron chi connectivity index (χ1n) is 7.62. The molecule has 0 aliphatic heterocycles. The van der Waals surface area contributed by atoms with Crippen LogP contribution < -0.4 is 5.73 Å². The Bertz CT molecular complexity index is 224. The average Bonchev–Trinajstić information content (AvgIpc) is 2.42. The van der Waals surface area contributed by atoms with Crippen LogP contribution in [0.1, 0.15) is 79.6 Å². The van der Waals surface area contributed by atoms with Crippen LogP contribution >= 0.6 is 0 Å². The summed E-state index contributed by atoms with van der Waals surface area (Å²) in [5.74, 6) is 1.59. The van der Waals surface area contributed by atoms with Crippen molar-refractivity contribution in [3.05, 3.63) is 0 Å². The van der Waals surface area contributed by atoms with Crippen LogP contribution in [0.5, 0.6) is 0 Å². The second-order valence-electron chi connectivity index (χ2n) is 7.24. The standard InChI is InChI=1S/C16H33N/c1-6-13(7-2)16(17)11-8-9-14(10-12-16)15(3,4)5/h13-14H,6-12,17H2,1-5H3. The first kappa shape index (κ1) is 15.0. The Morgan fingerprint density at radius 3 is 2.18 bits per heavy atom. The summed E-state index contributed by atoms with van der Waals surface area (Å²) in [6.07, 6.45) is 9.00. The quantitative estimate of drug-likeness (QED) is 0.707. The number of rotatable bonds is 3. The van der Waals surface area contributed by atoms with Crippen molar-refractivity contribution in [3.63, 3.8) is 0 Å². The van der Waals surface area contributed by atoms with Gasteiger partial charge in [0, 0.05) is 5.54 Å². The maximum Gasteiger partial charge on any atom is 0.0182 e. The first-order valence-corrected chi connectivity index (χ1v) is 7.62. The van der Waals surface area contributed by atoms with E-state index in [1.165, 1.54) is 44.9 Å². The van der Waals surface area contributed by atoms with Crippen molar-refractivity contribution >= 4 is 0 Å². The van der Waals surface area contributed by atoms with Gasteiger partial charge in [0.15, 0.2) is 0 Å². The molecular formula is C16H33N. The van der Waals surface area contributed by atoms with Gasteiger partial charge in [-0.25, -0.2) is 0 Å². The van der Waals surface area contributed by atoms with E-state index in [-0.39, 0.29) is 5.54 Å². The monoisotopic (exact) mass is 239 g/mol. The largest absolute Gasteiger partial charge is 0.325 e. The van der Waals surface area contributed by atoms with E-state index in [9.17, 15) is 0 Å². The molecule has 0 aromatic heterocycles. The highest BCUT2D eigenvalue weighted by Gasteiger charge is 2.37. The van der Waals surface area contributed by atoms with Crippen molar-refractivity contribution in [1.82, 2.24) is 0 Å². The second kappa shape index (κ2) is 5.73. The van der Waals surface area contributed by atoms with Gasteiger partial charge >= 0.3 is 0 Å². The zero-order valence-electron chi connectivity index (χ0n) is 12.7. The van der Waals surface area contributed by atoms with Gasteiger partial charge in [0.1, 0.15) is 0 Å². The Hall–Kier alpha value is -0.0400. The summed E-state index contributed by atoms with van der Waals surface area (Å²) in [6, 6.07) is 0. The van der Waals surface area contributed by atoms with Crippen molar-refractivity contribution in [2.24, 2.45) is 23.0 Å². The van der Waals surface area contributed by atoms with E-state index in [1.54, 1.807) is 0 Å². The van der Waals surface area contributed by atoms with Gasteiger partial charge in [0.05, 0.1) is 0 Å². The molecule has 17 heavy (non-hydrogen) atoms. The van der Waals surface area contributed by atoms with Crippen LogP contribution in [0.25, 0.3) is 0 Å². The van der Waals surface area contributed by atoms with Gasteiger partial charge in [-0.1, -0.05) is 53.9 Å². The maximum absolute atomic E-state index is 6.73. The van der Waals surface area contributed by atoms with E-state index in [4.69, 9.17) is 5.73 Å². The molecule has 0 aromatic carbocycles. The Morgan fingerprint density at radius 1 is 1.12 bits per heavy atom. The van der Waals surface area contributed by atoms with Gasteiger partial charge in [0.25, 0.3) is 0 Å². The van der Waals surface area contributed by atoms with Crippen LogP contribution in [-0.2, 0) is 0 Å². The molecule has 0 spiro atoms. The summed E-state index contributed by atoms with van der Waals surface area (Å²) in [5, 5.41) is 0. The molecular weight excluding hydrogens is 206 g/mol. The van der Waals surface area contributed by atoms with Crippen molar-refractivity contribution < 1.29 is 0 Å². The summed E-state index contributed by atoms with van der Waals surface area (Å²) < 4.78 is 0. The van der Waals surface area contributed by atoms with Gasteiger partial charge in [-0.05, 0) is 42.9 Å². The number of hydrogen-bond acceptors (Lipinski definition) is 1. The van der Waals surface area contributed by atoms with Crippen LogP contribution in [0.4, 0.5) is 0 Å². The fourth-order valence-corrected chi connectivity index (χ4v) is 3.77. The van der Waals surface area contributed by atoms with Gasteiger partial charge < -0.3 is 5.73 Å². The predicted octanol–water partition coefficient (Wildman–Crippen LogP) is 4.75. The molecule has 1 nitrogen and oxygen atoms in total. The van der Waals surface area contributed by atoms with Gasteiger partial charge in [0.2, 0.25) is 0 Å². The zero-order valence-corrected chi connectivity index (χ0v) is 12.7. The Morgan fingerprint density at radius 2 is 1.71 bits per heavy atom. The molecule has 0 radical (unpaired) electrons. The smallest absolute Gasteiger partial charge is 0.0182 e. The van der Waals surface area contributed by atoms with Crippen molar-refractivity contribution in [1.29, 1.82) is 0 Å². The molecule has 0 bridgehead atoms. The van der Waals surface area contributed by atoms with Gasteiger partial charge in [-0.15, -0.1) is 0 Å². The normalized spacial score (nSPS) is 31.6. The molecule has 1 aliphatic rings. The summed E-state index contributed by atoms with van der Waals surface area (Å²) >= 11 is 0. The molecule has 2 unspecified atom stereocenters. The molecule has 102 valence electrons. The summed E-state index contributed by atoms with van der Waals surface area (Å²) in [6.45, 7) is 11.8. The van der Waals surface area contributed by atoms with E-state index in [0.29, 0.717) is 5.41 Å². The molecule has 1 rings (SSSR count). The fraction of sp³-hybridized carbons (Fsp3) is 1.00. The van der Waals surface area contributed by atoms with Crippen LogP contribution in [0, 0.1) is 17.3 Å². The highest BCUT2D eigenvalue weighted by atomic mass is 14.8. The van der Waals surface area contributed by atoms with E-state index in [2.05, 4.69) is 34.6 Å². The third kappa shape index (κ3) is 3.71. The molecule has 0 heterocycles. The molecule has 0 saturated heterocycles. The highest BCUT2D eigenvalue weighted by Crippen LogP contribution is 2.42. The molecule has 2 N–H and O–H groups in total. The van der Waals surface area contributed by atoms with E-state index >= 15 is 0 Å². The minimum absolute atomic E-state index is 0.128. The molecule has 1 heteroatoms.